The molecule has 1 aliphatic carbocycles. The highest BCUT2D eigenvalue weighted by Gasteiger charge is 2.27. The number of nitrogens with zero attached hydrogens (tertiary/aromatic N) is 2. The number of fused-ring (bicyclic) bond motifs is 1. The molecule has 23 heavy (non-hydrogen) atoms. The number of nitriles is 1. The highest BCUT2D eigenvalue weighted by atomic mass is 35.5. The van der Waals surface area contributed by atoms with Crippen molar-refractivity contribution in [3.8, 4) is 6.07 Å². The van der Waals surface area contributed by atoms with E-state index in [2.05, 4.69) is 11.1 Å². The fraction of sp³-hybridized carbons (Fsp3) is 0.235. The van der Waals surface area contributed by atoms with Crippen LogP contribution < -0.4 is 5.73 Å². The lowest BCUT2D eigenvalue weighted by Gasteiger charge is -2.16. The molecule has 0 saturated carbocycles. The van der Waals surface area contributed by atoms with Crippen molar-refractivity contribution in [1.82, 2.24) is 4.98 Å². The Morgan fingerprint density at radius 3 is 2.65 bits per heavy atom. The van der Waals surface area contributed by atoms with Crippen LogP contribution in [0.2, 0.25) is 5.15 Å². The van der Waals surface area contributed by atoms with Gasteiger partial charge in [0.25, 0.3) is 0 Å². The van der Waals surface area contributed by atoms with E-state index < -0.39 is 11.2 Å². The number of hydrogen-bond donors (Lipinski definition) is 1. The zero-order valence-corrected chi connectivity index (χ0v) is 13.8. The minimum absolute atomic E-state index is 0.201. The summed E-state index contributed by atoms with van der Waals surface area (Å²) in [4.78, 5) is 16.3. The quantitative estimate of drug-likeness (QED) is 0.681. The largest absolute Gasteiger partial charge is 0.368 e. The summed E-state index contributed by atoms with van der Waals surface area (Å²) in [6.45, 7) is 0. The number of carbonyl (C=O) groups excluding carboxylic acids is 1. The number of rotatable bonds is 4. The number of halogens is 1. The summed E-state index contributed by atoms with van der Waals surface area (Å²) in [5.41, 5.74) is 8.86. The molecule has 0 spiro atoms. The van der Waals surface area contributed by atoms with Gasteiger partial charge < -0.3 is 5.73 Å². The topological polar surface area (TPSA) is 79.8 Å². The predicted molar refractivity (Wildman–Crippen MR) is 90.2 cm³/mol. The molecule has 6 heteroatoms. The average molecular weight is 344 g/mol. The van der Waals surface area contributed by atoms with Gasteiger partial charge in [-0.15, -0.1) is 0 Å². The van der Waals surface area contributed by atoms with Gasteiger partial charge in [-0.1, -0.05) is 53.7 Å². The maximum atomic E-state index is 11.9. The van der Waals surface area contributed by atoms with E-state index in [4.69, 9.17) is 17.3 Å². The van der Waals surface area contributed by atoms with Crippen molar-refractivity contribution < 1.29 is 4.79 Å². The number of thioether (sulfide) groups is 1. The number of primary amides is 1. The van der Waals surface area contributed by atoms with Gasteiger partial charge in [0.2, 0.25) is 5.91 Å². The van der Waals surface area contributed by atoms with E-state index >= 15 is 0 Å². The Kier molecular flexibility index (Phi) is 4.56. The Hall–Kier alpha value is -2.03. The van der Waals surface area contributed by atoms with Crippen molar-refractivity contribution >= 4 is 29.3 Å². The smallest absolute Gasteiger partial charge is 0.235 e. The van der Waals surface area contributed by atoms with Gasteiger partial charge in [0.1, 0.15) is 21.5 Å². The molecule has 0 fully saturated rings. The second-order valence-electron chi connectivity index (χ2n) is 5.32. The van der Waals surface area contributed by atoms with Crippen molar-refractivity contribution in [2.45, 2.75) is 29.5 Å². The maximum absolute atomic E-state index is 11.9. The summed E-state index contributed by atoms with van der Waals surface area (Å²) < 4.78 is 0. The zero-order chi connectivity index (χ0) is 16.4. The van der Waals surface area contributed by atoms with E-state index in [1.165, 1.54) is 11.8 Å². The van der Waals surface area contributed by atoms with E-state index in [0.29, 0.717) is 10.6 Å². The van der Waals surface area contributed by atoms with E-state index in [1.807, 2.05) is 30.3 Å². The van der Waals surface area contributed by atoms with Crippen LogP contribution in [-0.4, -0.2) is 10.9 Å². The maximum Gasteiger partial charge on any atom is 0.235 e. The Labute approximate surface area is 143 Å². The lowest BCUT2D eigenvalue weighted by atomic mass is 10.1. The summed E-state index contributed by atoms with van der Waals surface area (Å²) in [5.74, 6) is -0.421. The van der Waals surface area contributed by atoms with Crippen molar-refractivity contribution in [3.63, 3.8) is 0 Å². The van der Waals surface area contributed by atoms with Crippen molar-refractivity contribution in [1.29, 1.82) is 5.26 Å². The van der Waals surface area contributed by atoms with Gasteiger partial charge in [-0.25, -0.2) is 4.98 Å². The van der Waals surface area contributed by atoms with Gasteiger partial charge >= 0.3 is 0 Å². The molecule has 1 atom stereocenters. The minimum Gasteiger partial charge on any atom is -0.368 e. The second kappa shape index (κ2) is 6.61. The highest BCUT2D eigenvalue weighted by molar-refractivity contribution is 8.00. The molecule has 3 rings (SSSR count). The summed E-state index contributed by atoms with van der Waals surface area (Å²) in [5, 5.41) is 9.64. The van der Waals surface area contributed by atoms with Gasteiger partial charge in [-0.05, 0) is 36.0 Å². The minimum atomic E-state index is -0.530. The first-order valence-electron chi connectivity index (χ1n) is 7.24. The Bertz CT molecular complexity index is 802. The molecule has 1 unspecified atom stereocenters. The molecule has 0 bridgehead atoms. The number of amides is 1. The lowest BCUT2D eigenvalue weighted by Crippen LogP contribution is -2.19. The molecule has 2 aromatic rings. The molecular weight excluding hydrogens is 330 g/mol. The summed E-state index contributed by atoms with van der Waals surface area (Å²) >= 11 is 7.47. The Morgan fingerprint density at radius 1 is 1.30 bits per heavy atom. The molecule has 1 aromatic heterocycles. The molecule has 4 nitrogen and oxygen atoms in total. The van der Waals surface area contributed by atoms with Crippen LogP contribution in [0.15, 0.2) is 35.4 Å². The fourth-order valence-corrected chi connectivity index (χ4v) is 4.27. The fourth-order valence-electron chi connectivity index (χ4n) is 2.83. The highest BCUT2D eigenvalue weighted by Crippen LogP contribution is 2.41. The van der Waals surface area contributed by atoms with Gasteiger partial charge in [0.05, 0.1) is 5.56 Å². The van der Waals surface area contributed by atoms with Crippen LogP contribution in [0.5, 0.6) is 0 Å². The number of pyridine rings is 1. The first-order valence-corrected chi connectivity index (χ1v) is 8.50. The molecule has 2 N–H and O–H groups in total. The van der Waals surface area contributed by atoms with Gasteiger partial charge in [-0.3, -0.25) is 4.79 Å². The monoisotopic (exact) mass is 343 g/mol. The van der Waals surface area contributed by atoms with E-state index in [-0.39, 0.29) is 5.15 Å². The molecule has 1 heterocycles. The van der Waals surface area contributed by atoms with Crippen molar-refractivity contribution in [3.05, 3.63) is 57.7 Å². The lowest BCUT2D eigenvalue weighted by molar-refractivity contribution is -0.117. The number of carbonyl (C=O) groups is 1. The first kappa shape index (κ1) is 15.9. The average Bonchev–Trinajstić information content (AvgIpc) is 3.02. The number of nitrogens with two attached hydrogens (primary N) is 1. The van der Waals surface area contributed by atoms with E-state index in [9.17, 15) is 10.1 Å². The van der Waals surface area contributed by atoms with Gasteiger partial charge in [0.15, 0.2) is 0 Å². The SMILES string of the molecule is N#Cc1c(Cl)nc(SC(C(N)=O)c2ccccc2)c2c1CCC2. The van der Waals surface area contributed by atoms with Crippen LogP contribution in [0, 0.1) is 11.3 Å². The van der Waals surface area contributed by atoms with Crippen molar-refractivity contribution in [2.75, 3.05) is 0 Å². The molecule has 0 saturated heterocycles. The molecular formula is C17H14ClN3OS. The molecule has 0 radical (unpaired) electrons. The molecule has 1 aromatic carbocycles. The number of aromatic nitrogens is 1. The zero-order valence-electron chi connectivity index (χ0n) is 12.3. The van der Waals surface area contributed by atoms with Crippen LogP contribution in [0.1, 0.15) is 33.9 Å². The van der Waals surface area contributed by atoms with Crippen LogP contribution >= 0.6 is 23.4 Å². The number of benzene rings is 1. The van der Waals surface area contributed by atoms with Crippen LogP contribution in [0.3, 0.4) is 0 Å². The summed E-state index contributed by atoms with van der Waals surface area (Å²) in [6, 6.07) is 11.5. The normalized spacial score (nSPS) is 14.1. The van der Waals surface area contributed by atoms with Gasteiger partial charge in [0, 0.05) is 0 Å². The predicted octanol–water partition coefficient (Wildman–Crippen LogP) is 3.41. The van der Waals surface area contributed by atoms with E-state index in [0.717, 1.165) is 36.0 Å². The molecule has 1 aliphatic rings. The number of hydrogen-bond acceptors (Lipinski definition) is 4. The summed E-state index contributed by atoms with van der Waals surface area (Å²) in [7, 11) is 0. The van der Waals surface area contributed by atoms with Crippen LogP contribution in [0.4, 0.5) is 0 Å². The third kappa shape index (κ3) is 3.05. The second-order valence-corrected chi connectivity index (χ2v) is 6.77. The van der Waals surface area contributed by atoms with Crippen LogP contribution in [0.25, 0.3) is 0 Å². The first-order chi connectivity index (χ1) is 11.1. The Morgan fingerprint density at radius 2 is 2.00 bits per heavy atom. The summed E-state index contributed by atoms with van der Waals surface area (Å²) in [6.07, 6.45) is 2.63. The molecule has 116 valence electrons. The molecule has 0 aliphatic heterocycles. The third-order valence-electron chi connectivity index (χ3n) is 3.89. The Balaban J connectivity index is 2.03. The third-order valence-corrected chi connectivity index (χ3v) is 5.46. The molecule has 1 amide bonds. The van der Waals surface area contributed by atoms with Gasteiger partial charge in [-0.2, -0.15) is 5.26 Å². The van der Waals surface area contributed by atoms with Crippen LogP contribution in [-0.2, 0) is 17.6 Å². The standard InChI is InChI=1S/C17H14ClN3OS/c18-15-13(9-19)11-7-4-8-12(11)17(21-15)23-14(16(20)22)10-5-2-1-3-6-10/h1-3,5-6,14H,4,7-8H2,(H2,20,22). The van der Waals surface area contributed by atoms with Crippen molar-refractivity contribution in [2.24, 2.45) is 5.73 Å². The van der Waals surface area contributed by atoms with E-state index in [1.54, 1.807) is 0 Å².